The van der Waals surface area contributed by atoms with Gasteiger partial charge >= 0.3 is 0 Å². The van der Waals surface area contributed by atoms with Crippen LogP contribution < -0.4 is 0 Å². The number of fused-ring (bicyclic) bond motifs is 1. The normalized spacial score (nSPS) is 14.3. The molecule has 0 N–H and O–H groups in total. The summed E-state index contributed by atoms with van der Waals surface area (Å²) in [5, 5.41) is 4.37. The second kappa shape index (κ2) is 2.94. The number of hydrogen-bond donors (Lipinski definition) is 0. The van der Waals surface area contributed by atoms with E-state index in [-0.39, 0.29) is 0 Å². The number of aryl methyl sites for hydroxylation is 1. The Hall–Kier alpha value is -1.64. The van der Waals surface area contributed by atoms with Gasteiger partial charge in [0.05, 0.1) is 6.20 Å². The van der Waals surface area contributed by atoms with Gasteiger partial charge in [-0.2, -0.15) is 5.10 Å². The molecule has 3 rings (SSSR count). The van der Waals surface area contributed by atoms with Crippen LogP contribution in [0.25, 0.3) is 11.1 Å². The van der Waals surface area contributed by atoms with Crippen molar-refractivity contribution in [2.45, 2.75) is 19.4 Å². The Balaban J connectivity index is 2.13. The maximum Gasteiger partial charge on any atom is 0.0571 e. The van der Waals surface area contributed by atoms with Crippen molar-refractivity contribution in [2.75, 3.05) is 0 Å². The van der Waals surface area contributed by atoms with Crippen LogP contribution in [0.5, 0.6) is 0 Å². The maximum atomic E-state index is 4.37. The summed E-state index contributed by atoms with van der Waals surface area (Å²) in [6.07, 6.45) is 7.99. The second-order valence-corrected chi connectivity index (χ2v) is 3.57. The minimum Gasteiger partial charge on any atom is -0.269 e. The van der Waals surface area contributed by atoms with Crippen LogP contribution in [0, 0.1) is 0 Å². The summed E-state index contributed by atoms with van der Waals surface area (Å²) < 4.78 is 2.11. The standard InChI is InChI=1S/C11H11N3/c1-2-11-10(8-13-14(11)7-1)9-3-5-12-6-4-9/h3-6,8H,1-2,7H2. The molecule has 0 amide bonds. The van der Waals surface area contributed by atoms with Gasteiger partial charge in [-0.05, 0) is 30.5 Å². The molecule has 2 aromatic rings. The van der Waals surface area contributed by atoms with Gasteiger partial charge in [-0.25, -0.2) is 0 Å². The van der Waals surface area contributed by atoms with E-state index in [4.69, 9.17) is 0 Å². The molecule has 2 aromatic heterocycles. The van der Waals surface area contributed by atoms with Gasteiger partial charge in [-0.1, -0.05) is 0 Å². The molecule has 0 unspecified atom stereocenters. The van der Waals surface area contributed by atoms with Gasteiger partial charge in [0.15, 0.2) is 0 Å². The Kier molecular flexibility index (Phi) is 1.63. The predicted molar refractivity (Wildman–Crippen MR) is 53.8 cm³/mol. The molecular weight excluding hydrogens is 174 g/mol. The molecule has 0 bridgehead atoms. The maximum absolute atomic E-state index is 4.37. The molecule has 1 aliphatic rings. The molecule has 70 valence electrons. The van der Waals surface area contributed by atoms with Crippen LogP contribution >= 0.6 is 0 Å². The van der Waals surface area contributed by atoms with E-state index >= 15 is 0 Å². The first kappa shape index (κ1) is 7.74. The monoisotopic (exact) mass is 185 g/mol. The summed E-state index contributed by atoms with van der Waals surface area (Å²) in [5.41, 5.74) is 3.87. The SMILES string of the molecule is c1cc(-c2cnn3c2CCC3)ccn1. The first-order valence-electron chi connectivity index (χ1n) is 4.90. The third kappa shape index (κ3) is 1.05. The lowest BCUT2D eigenvalue weighted by Gasteiger charge is -1.99. The number of rotatable bonds is 1. The quantitative estimate of drug-likeness (QED) is 0.679. The highest BCUT2D eigenvalue weighted by atomic mass is 15.3. The van der Waals surface area contributed by atoms with E-state index in [0.29, 0.717) is 0 Å². The van der Waals surface area contributed by atoms with Gasteiger partial charge in [0.25, 0.3) is 0 Å². The van der Waals surface area contributed by atoms with Crippen molar-refractivity contribution >= 4 is 0 Å². The highest BCUT2D eigenvalue weighted by Gasteiger charge is 2.16. The Morgan fingerprint density at radius 2 is 2.07 bits per heavy atom. The fraction of sp³-hybridized carbons (Fsp3) is 0.273. The average Bonchev–Trinajstić information content (AvgIpc) is 2.79. The Morgan fingerprint density at radius 1 is 1.21 bits per heavy atom. The lowest BCUT2D eigenvalue weighted by atomic mass is 10.1. The van der Waals surface area contributed by atoms with Crippen LogP contribution in [0.1, 0.15) is 12.1 Å². The number of aromatic nitrogens is 3. The second-order valence-electron chi connectivity index (χ2n) is 3.57. The zero-order chi connectivity index (χ0) is 9.38. The van der Waals surface area contributed by atoms with E-state index < -0.39 is 0 Å². The molecule has 14 heavy (non-hydrogen) atoms. The van der Waals surface area contributed by atoms with E-state index in [1.54, 1.807) is 0 Å². The van der Waals surface area contributed by atoms with Gasteiger partial charge < -0.3 is 0 Å². The summed E-state index contributed by atoms with van der Waals surface area (Å²) in [7, 11) is 0. The third-order valence-electron chi connectivity index (χ3n) is 2.72. The molecule has 1 aliphatic heterocycles. The van der Waals surface area contributed by atoms with Crippen molar-refractivity contribution in [1.29, 1.82) is 0 Å². The highest BCUT2D eigenvalue weighted by molar-refractivity contribution is 5.65. The van der Waals surface area contributed by atoms with Crippen molar-refractivity contribution in [1.82, 2.24) is 14.8 Å². The van der Waals surface area contributed by atoms with Crippen LogP contribution in [0.4, 0.5) is 0 Å². The lowest BCUT2D eigenvalue weighted by Crippen LogP contribution is -1.93. The van der Waals surface area contributed by atoms with Gasteiger partial charge in [0.1, 0.15) is 0 Å². The number of nitrogens with zero attached hydrogens (tertiary/aromatic N) is 3. The van der Waals surface area contributed by atoms with Gasteiger partial charge in [-0.15, -0.1) is 0 Å². The fourth-order valence-electron chi connectivity index (χ4n) is 2.04. The number of hydrogen-bond acceptors (Lipinski definition) is 2. The summed E-state index contributed by atoms with van der Waals surface area (Å²) >= 11 is 0. The Bertz CT molecular complexity index is 445. The molecule has 0 spiro atoms. The van der Waals surface area contributed by atoms with Crippen LogP contribution in [-0.4, -0.2) is 14.8 Å². The van der Waals surface area contributed by atoms with Crippen LogP contribution in [0.2, 0.25) is 0 Å². The summed E-state index contributed by atoms with van der Waals surface area (Å²) in [6, 6.07) is 4.08. The van der Waals surface area contributed by atoms with Crippen molar-refractivity contribution in [3.05, 3.63) is 36.4 Å². The average molecular weight is 185 g/mol. The van der Waals surface area contributed by atoms with Gasteiger partial charge in [0, 0.05) is 30.2 Å². The molecule has 3 nitrogen and oxygen atoms in total. The van der Waals surface area contributed by atoms with Crippen LogP contribution in [0.3, 0.4) is 0 Å². The van der Waals surface area contributed by atoms with E-state index in [2.05, 4.69) is 14.8 Å². The third-order valence-corrected chi connectivity index (χ3v) is 2.72. The van der Waals surface area contributed by atoms with Gasteiger partial charge in [0.2, 0.25) is 0 Å². The largest absolute Gasteiger partial charge is 0.269 e. The first-order valence-corrected chi connectivity index (χ1v) is 4.90. The Labute approximate surface area is 82.4 Å². The minimum atomic E-state index is 1.07. The van der Waals surface area contributed by atoms with E-state index in [1.807, 2.05) is 30.7 Å². The molecule has 0 aromatic carbocycles. The smallest absolute Gasteiger partial charge is 0.0571 e. The van der Waals surface area contributed by atoms with Crippen molar-refractivity contribution < 1.29 is 0 Å². The lowest BCUT2D eigenvalue weighted by molar-refractivity contribution is 0.656. The zero-order valence-corrected chi connectivity index (χ0v) is 7.85. The van der Waals surface area contributed by atoms with Crippen LogP contribution in [-0.2, 0) is 13.0 Å². The van der Waals surface area contributed by atoms with Crippen molar-refractivity contribution in [3.63, 3.8) is 0 Å². The number of pyridine rings is 1. The molecule has 3 heteroatoms. The Morgan fingerprint density at radius 3 is 2.93 bits per heavy atom. The molecule has 0 atom stereocenters. The van der Waals surface area contributed by atoms with Crippen LogP contribution in [0.15, 0.2) is 30.7 Å². The van der Waals surface area contributed by atoms with E-state index in [9.17, 15) is 0 Å². The molecule has 0 saturated heterocycles. The first-order chi connectivity index (χ1) is 6.95. The molecule has 0 saturated carbocycles. The molecular formula is C11H11N3. The fourth-order valence-corrected chi connectivity index (χ4v) is 2.04. The summed E-state index contributed by atoms with van der Waals surface area (Å²) in [5.74, 6) is 0. The molecule has 3 heterocycles. The minimum absolute atomic E-state index is 1.07. The zero-order valence-electron chi connectivity index (χ0n) is 7.85. The van der Waals surface area contributed by atoms with E-state index in [1.165, 1.54) is 23.2 Å². The van der Waals surface area contributed by atoms with E-state index in [0.717, 1.165) is 13.0 Å². The van der Waals surface area contributed by atoms with Crippen molar-refractivity contribution in [3.8, 4) is 11.1 Å². The predicted octanol–water partition coefficient (Wildman–Crippen LogP) is 1.89. The molecule has 0 fully saturated rings. The van der Waals surface area contributed by atoms with Crippen molar-refractivity contribution in [2.24, 2.45) is 0 Å². The highest BCUT2D eigenvalue weighted by Crippen LogP contribution is 2.27. The summed E-state index contributed by atoms with van der Waals surface area (Å²) in [6.45, 7) is 1.07. The molecule has 0 radical (unpaired) electrons. The van der Waals surface area contributed by atoms with Gasteiger partial charge in [-0.3, -0.25) is 9.67 Å². The topological polar surface area (TPSA) is 30.7 Å². The summed E-state index contributed by atoms with van der Waals surface area (Å²) in [4.78, 5) is 4.02. The molecule has 0 aliphatic carbocycles.